The molecule has 0 aromatic heterocycles. The third-order valence-electron chi connectivity index (χ3n) is 4.38. The van der Waals surface area contributed by atoms with Crippen molar-refractivity contribution in [3.63, 3.8) is 0 Å². The standard InChI is InChI=1S/C15H16FNO3/c16-11-8-10(18)4-5-12(11)17-13(19)9-15(14(17)20)6-2-1-3-7-15/h4-5,8,18H,1-3,6-7,9H2. The smallest absolute Gasteiger partial charge is 0.240 e. The molecule has 2 fully saturated rings. The van der Waals surface area contributed by atoms with Crippen molar-refractivity contribution < 1.29 is 19.1 Å². The second-order valence-electron chi connectivity index (χ2n) is 5.69. The van der Waals surface area contributed by atoms with Crippen LogP contribution < -0.4 is 4.90 Å². The Morgan fingerprint density at radius 3 is 2.50 bits per heavy atom. The van der Waals surface area contributed by atoms with E-state index < -0.39 is 11.2 Å². The van der Waals surface area contributed by atoms with E-state index in [0.29, 0.717) is 12.8 Å². The Balaban J connectivity index is 1.98. The number of hydrogen-bond donors (Lipinski definition) is 1. The van der Waals surface area contributed by atoms with Gasteiger partial charge in [-0.2, -0.15) is 0 Å². The highest BCUT2D eigenvalue weighted by Gasteiger charge is 2.52. The molecule has 1 aliphatic carbocycles. The number of benzene rings is 1. The van der Waals surface area contributed by atoms with Gasteiger partial charge in [-0.15, -0.1) is 0 Å². The monoisotopic (exact) mass is 277 g/mol. The van der Waals surface area contributed by atoms with Crippen LogP contribution in [0, 0.1) is 11.2 Å². The average Bonchev–Trinajstić information content (AvgIpc) is 2.63. The summed E-state index contributed by atoms with van der Waals surface area (Å²) in [4.78, 5) is 25.7. The third-order valence-corrected chi connectivity index (χ3v) is 4.38. The van der Waals surface area contributed by atoms with Crippen molar-refractivity contribution in [3.8, 4) is 5.75 Å². The number of hydrogen-bond acceptors (Lipinski definition) is 3. The molecule has 1 aromatic rings. The number of aromatic hydroxyl groups is 1. The highest BCUT2D eigenvalue weighted by molar-refractivity contribution is 6.22. The van der Waals surface area contributed by atoms with Crippen LogP contribution in [0.4, 0.5) is 10.1 Å². The van der Waals surface area contributed by atoms with Gasteiger partial charge in [-0.1, -0.05) is 19.3 Å². The maximum atomic E-state index is 13.9. The van der Waals surface area contributed by atoms with Gasteiger partial charge in [-0.05, 0) is 25.0 Å². The molecule has 0 atom stereocenters. The molecule has 0 radical (unpaired) electrons. The number of nitrogens with zero attached hydrogens (tertiary/aromatic N) is 1. The maximum Gasteiger partial charge on any atom is 0.240 e. The number of phenols is 1. The SMILES string of the molecule is O=C1CC2(CCCCC2)C(=O)N1c1ccc(O)cc1F. The minimum atomic E-state index is -0.750. The third kappa shape index (κ3) is 1.88. The zero-order valence-corrected chi connectivity index (χ0v) is 11.1. The molecule has 1 heterocycles. The molecule has 4 nitrogen and oxygen atoms in total. The Bertz CT molecular complexity index is 578. The molecule has 0 bridgehead atoms. The first kappa shape index (κ1) is 13.1. The Labute approximate surface area is 116 Å². The van der Waals surface area contributed by atoms with Gasteiger partial charge in [-0.25, -0.2) is 9.29 Å². The summed E-state index contributed by atoms with van der Waals surface area (Å²) in [5, 5.41) is 9.23. The summed E-state index contributed by atoms with van der Waals surface area (Å²) in [6.07, 6.45) is 4.53. The van der Waals surface area contributed by atoms with Gasteiger partial charge in [-0.3, -0.25) is 9.59 Å². The van der Waals surface area contributed by atoms with Gasteiger partial charge in [0.25, 0.3) is 0 Å². The van der Waals surface area contributed by atoms with E-state index in [1.807, 2.05) is 0 Å². The molecule has 1 aliphatic heterocycles. The van der Waals surface area contributed by atoms with Gasteiger partial charge < -0.3 is 5.11 Å². The summed E-state index contributed by atoms with van der Waals surface area (Å²) in [5.74, 6) is -1.61. The molecule has 1 saturated carbocycles. The van der Waals surface area contributed by atoms with E-state index in [1.165, 1.54) is 12.1 Å². The molecule has 3 rings (SSSR count). The molecule has 1 N–H and O–H groups in total. The quantitative estimate of drug-likeness (QED) is 0.803. The minimum absolute atomic E-state index is 0.0553. The van der Waals surface area contributed by atoms with Crippen molar-refractivity contribution in [2.75, 3.05) is 4.90 Å². The van der Waals surface area contributed by atoms with Gasteiger partial charge in [0, 0.05) is 12.5 Å². The minimum Gasteiger partial charge on any atom is -0.508 e. The summed E-state index contributed by atoms with van der Waals surface area (Å²) >= 11 is 0. The van der Waals surface area contributed by atoms with Gasteiger partial charge in [0.1, 0.15) is 5.75 Å². The van der Waals surface area contributed by atoms with Crippen molar-refractivity contribution >= 4 is 17.5 Å². The molecular formula is C15H16FNO3. The van der Waals surface area contributed by atoms with E-state index >= 15 is 0 Å². The van der Waals surface area contributed by atoms with Crippen LogP contribution in [-0.4, -0.2) is 16.9 Å². The van der Waals surface area contributed by atoms with Gasteiger partial charge in [0.05, 0.1) is 11.1 Å². The van der Waals surface area contributed by atoms with E-state index in [4.69, 9.17) is 0 Å². The number of imide groups is 1. The van der Waals surface area contributed by atoms with Crippen LogP contribution in [-0.2, 0) is 9.59 Å². The van der Waals surface area contributed by atoms with Crippen molar-refractivity contribution in [3.05, 3.63) is 24.0 Å². The summed E-state index contributed by atoms with van der Waals surface area (Å²) < 4.78 is 13.9. The normalized spacial score (nSPS) is 21.8. The maximum absolute atomic E-state index is 13.9. The highest BCUT2D eigenvalue weighted by atomic mass is 19.1. The molecule has 20 heavy (non-hydrogen) atoms. The number of rotatable bonds is 1. The molecule has 2 aliphatic rings. The molecule has 106 valence electrons. The predicted octanol–water partition coefficient (Wildman–Crippen LogP) is 2.75. The zero-order chi connectivity index (χ0) is 14.3. The summed E-state index contributed by atoms with van der Waals surface area (Å²) in [5.41, 5.74) is -0.681. The van der Waals surface area contributed by atoms with Crippen LogP contribution in [0.2, 0.25) is 0 Å². The Morgan fingerprint density at radius 2 is 1.85 bits per heavy atom. The first-order chi connectivity index (χ1) is 9.53. The second-order valence-corrected chi connectivity index (χ2v) is 5.69. The Kier molecular flexibility index (Phi) is 3.00. The van der Waals surface area contributed by atoms with Crippen LogP contribution in [0.25, 0.3) is 0 Å². The molecule has 2 amide bonds. The lowest BCUT2D eigenvalue weighted by molar-refractivity contribution is -0.127. The first-order valence-electron chi connectivity index (χ1n) is 6.89. The summed E-state index contributed by atoms with van der Waals surface area (Å²) in [6, 6.07) is 3.48. The molecule has 0 unspecified atom stereocenters. The lowest BCUT2D eigenvalue weighted by atomic mass is 9.73. The van der Waals surface area contributed by atoms with Crippen LogP contribution in [0.15, 0.2) is 18.2 Å². The van der Waals surface area contributed by atoms with Gasteiger partial charge in [0.15, 0.2) is 5.82 Å². The predicted molar refractivity (Wildman–Crippen MR) is 70.7 cm³/mol. The summed E-state index contributed by atoms with van der Waals surface area (Å²) in [6.45, 7) is 0. The Morgan fingerprint density at radius 1 is 1.15 bits per heavy atom. The van der Waals surface area contributed by atoms with Gasteiger partial charge in [0.2, 0.25) is 11.8 Å². The highest BCUT2D eigenvalue weighted by Crippen LogP contribution is 2.46. The van der Waals surface area contributed by atoms with E-state index in [2.05, 4.69) is 0 Å². The van der Waals surface area contributed by atoms with E-state index in [0.717, 1.165) is 30.2 Å². The molecule has 5 heteroatoms. The van der Waals surface area contributed by atoms with Crippen molar-refractivity contribution in [2.45, 2.75) is 38.5 Å². The number of amides is 2. The zero-order valence-electron chi connectivity index (χ0n) is 11.1. The number of anilines is 1. The van der Waals surface area contributed by atoms with E-state index in [1.54, 1.807) is 0 Å². The Hall–Kier alpha value is -1.91. The van der Waals surface area contributed by atoms with Crippen molar-refractivity contribution in [2.24, 2.45) is 5.41 Å². The first-order valence-corrected chi connectivity index (χ1v) is 6.89. The van der Waals surface area contributed by atoms with Crippen LogP contribution in [0.1, 0.15) is 38.5 Å². The largest absolute Gasteiger partial charge is 0.508 e. The van der Waals surface area contributed by atoms with E-state index in [-0.39, 0.29) is 29.7 Å². The summed E-state index contributed by atoms with van der Waals surface area (Å²) in [7, 11) is 0. The van der Waals surface area contributed by atoms with Crippen molar-refractivity contribution in [1.82, 2.24) is 0 Å². The van der Waals surface area contributed by atoms with E-state index in [9.17, 15) is 19.1 Å². The fraction of sp³-hybridized carbons (Fsp3) is 0.467. The number of phenolic OH excluding ortho intramolecular Hbond substituents is 1. The average molecular weight is 277 g/mol. The second kappa shape index (κ2) is 4.58. The van der Waals surface area contributed by atoms with Crippen LogP contribution >= 0.6 is 0 Å². The number of carbonyl (C=O) groups is 2. The number of carbonyl (C=O) groups excluding carboxylic acids is 2. The fourth-order valence-corrected chi connectivity index (χ4v) is 3.33. The lowest BCUT2D eigenvalue weighted by Crippen LogP contribution is -2.37. The van der Waals surface area contributed by atoms with Crippen LogP contribution in [0.5, 0.6) is 5.75 Å². The topological polar surface area (TPSA) is 57.6 Å². The molecule has 1 saturated heterocycles. The fourth-order valence-electron chi connectivity index (χ4n) is 3.33. The molecular weight excluding hydrogens is 261 g/mol. The number of halogens is 1. The van der Waals surface area contributed by atoms with Crippen molar-refractivity contribution in [1.29, 1.82) is 0 Å². The lowest BCUT2D eigenvalue weighted by Gasteiger charge is -2.30. The van der Waals surface area contributed by atoms with Crippen LogP contribution in [0.3, 0.4) is 0 Å². The van der Waals surface area contributed by atoms with Gasteiger partial charge >= 0.3 is 0 Å². The molecule has 1 spiro atoms. The molecule has 1 aromatic carbocycles.